The molecule has 3 heteroatoms. The molecule has 0 N–H and O–H groups in total. The average Bonchev–Trinajstić information content (AvgIpc) is 1.95. The minimum atomic E-state index is -0.480. The maximum absolute atomic E-state index is 10.7. The number of ether oxygens (including phenoxy) is 1. The van der Waals surface area contributed by atoms with Crippen molar-refractivity contribution in [3.05, 3.63) is 0 Å². The molecule has 1 fully saturated rings. The third-order valence-corrected chi connectivity index (χ3v) is 3.91. The summed E-state index contributed by atoms with van der Waals surface area (Å²) in [6, 6.07) is 0. The van der Waals surface area contributed by atoms with Crippen molar-refractivity contribution in [2.75, 3.05) is 18.6 Å². The lowest BCUT2D eigenvalue weighted by Crippen LogP contribution is -2.31. The Morgan fingerprint density at radius 2 is 2.27 bits per heavy atom. The molecule has 0 amide bonds. The Kier molecular flexibility index (Phi) is 3.52. The number of rotatable bonds is 4. The van der Waals surface area contributed by atoms with Crippen LogP contribution in [0.4, 0.5) is 0 Å². The molecule has 0 aliphatic carbocycles. The number of methoxy groups -OCH3 is 1. The van der Waals surface area contributed by atoms with Crippen LogP contribution in [0.1, 0.15) is 19.8 Å². The molecule has 0 aromatic heterocycles. The van der Waals surface area contributed by atoms with Crippen molar-refractivity contribution in [1.29, 1.82) is 0 Å². The smallest absolute Gasteiger partial charge is 0.0543 e. The largest absolute Gasteiger partial charge is 0.382 e. The van der Waals surface area contributed by atoms with Gasteiger partial charge in [0.05, 0.1) is 6.10 Å². The first kappa shape index (κ1) is 9.20. The third kappa shape index (κ3) is 2.91. The van der Waals surface area contributed by atoms with Gasteiger partial charge in [-0.25, -0.2) is 0 Å². The summed E-state index contributed by atoms with van der Waals surface area (Å²) in [5.74, 6) is 2.57. The van der Waals surface area contributed by atoms with E-state index in [1.807, 2.05) is 0 Å². The lowest BCUT2D eigenvalue weighted by molar-refractivity contribution is 0.105. The number of hydrogen-bond acceptors (Lipinski definition) is 2. The highest BCUT2D eigenvalue weighted by Crippen LogP contribution is 2.20. The van der Waals surface area contributed by atoms with Crippen LogP contribution in [0.2, 0.25) is 0 Å². The summed E-state index contributed by atoms with van der Waals surface area (Å²) < 4.78 is 15.8. The molecule has 1 unspecified atom stereocenters. The lowest BCUT2D eigenvalue weighted by atomic mass is 10.0. The normalized spacial score (nSPS) is 32.9. The Balaban J connectivity index is 2.00. The first-order chi connectivity index (χ1) is 5.22. The zero-order valence-electron chi connectivity index (χ0n) is 7.21. The van der Waals surface area contributed by atoms with Gasteiger partial charge in [-0.2, -0.15) is 0 Å². The molecule has 0 saturated carbocycles. The van der Waals surface area contributed by atoms with E-state index in [1.54, 1.807) is 7.11 Å². The Bertz CT molecular complexity index is 139. The monoisotopic (exact) mass is 176 g/mol. The average molecular weight is 176 g/mol. The van der Waals surface area contributed by atoms with Crippen LogP contribution in [0.3, 0.4) is 0 Å². The SMILES string of the molecule is COC(C)CCC1CS(=O)C1. The lowest BCUT2D eigenvalue weighted by Gasteiger charge is -2.25. The van der Waals surface area contributed by atoms with E-state index in [4.69, 9.17) is 4.74 Å². The molecule has 1 atom stereocenters. The van der Waals surface area contributed by atoms with Gasteiger partial charge in [0.15, 0.2) is 0 Å². The molecule has 11 heavy (non-hydrogen) atoms. The Morgan fingerprint density at radius 1 is 1.64 bits per heavy atom. The van der Waals surface area contributed by atoms with Crippen molar-refractivity contribution in [2.24, 2.45) is 5.92 Å². The highest BCUT2D eigenvalue weighted by molar-refractivity contribution is 7.86. The summed E-state index contributed by atoms with van der Waals surface area (Å²) >= 11 is 0. The van der Waals surface area contributed by atoms with Gasteiger partial charge < -0.3 is 4.74 Å². The first-order valence-corrected chi connectivity index (χ1v) is 5.59. The van der Waals surface area contributed by atoms with Gasteiger partial charge in [0.1, 0.15) is 0 Å². The van der Waals surface area contributed by atoms with Crippen LogP contribution in [0.25, 0.3) is 0 Å². The molecule has 1 rings (SSSR count). The van der Waals surface area contributed by atoms with Crippen molar-refractivity contribution in [2.45, 2.75) is 25.9 Å². The fourth-order valence-electron chi connectivity index (χ4n) is 1.23. The van der Waals surface area contributed by atoms with E-state index in [2.05, 4.69) is 6.92 Å². The van der Waals surface area contributed by atoms with Gasteiger partial charge in [-0.05, 0) is 25.7 Å². The second-order valence-corrected chi connectivity index (χ2v) is 4.81. The number of hydrogen-bond donors (Lipinski definition) is 0. The van der Waals surface area contributed by atoms with Gasteiger partial charge in [-0.1, -0.05) is 0 Å². The molecule has 1 heterocycles. The standard InChI is InChI=1S/C8H16O2S/c1-7(10-2)3-4-8-5-11(9)6-8/h7-8H,3-6H2,1-2H3. The minimum absolute atomic E-state index is 0.365. The van der Waals surface area contributed by atoms with E-state index in [-0.39, 0.29) is 0 Å². The summed E-state index contributed by atoms with van der Waals surface area (Å²) in [7, 11) is 1.26. The minimum Gasteiger partial charge on any atom is -0.382 e. The van der Waals surface area contributed by atoms with E-state index < -0.39 is 10.8 Å². The highest BCUT2D eigenvalue weighted by Gasteiger charge is 2.24. The summed E-state index contributed by atoms with van der Waals surface area (Å²) in [4.78, 5) is 0. The zero-order chi connectivity index (χ0) is 8.27. The van der Waals surface area contributed by atoms with Crippen LogP contribution in [-0.2, 0) is 15.5 Å². The molecule has 0 radical (unpaired) electrons. The molecule has 1 aliphatic rings. The fraction of sp³-hybridized carbons (Fsp3) is 1.00. The van der Waals surface area contributed by atoms with Gasteiger partial charge in [0, 0.05) is 29.4 Å². The molecule has 0 aromatic rings. The maximum atomic E-state index is 10.7. The van der Waals surface area contributed by atoms with Crippen LogP contribution < -0.4 is 0 Å². The van der Waals surface area contributed by atoms with E-state index in [0.717, 1.165) is 17.9 Å². The van der Waals surface area contributed by atoms with Crippen molar-refractivity contribution < 1.29 is 8.95 Å². The maximum Gasteiger partial charge on any atom is 0.0543 e. The first-order valence-electron chi connectivity index (χ1n) is 4.10. The summed E-state index contributed by atoms with van der Waals surface area (Å²) in [6.45, 7) is 2.08. The van der Waals surface area contributed by atoms with Crippen molar-refractivity contribution in [1.82, 2.24) is 0 Å². The van der Waals surface area contributed by atoms with E-state index in [0.29, 0.717) is 12.0 Å². The van der Waals surface area contributed by atoms with E-state index in [9.17, 15) is 4.21 Å². The molecule has 66 valence electrons. The Morgan fingerprint density at radius 3 is 2.73 bits per heavy atom. The predicted octanol–water partition coefficient (Wildman–Crippen LogP) is 1.18. The van der Waals surface area contributed by atoms with Gasteiger partial charge >= 0.3 is 0 Å². The Labute approximate surface area is 70.8 Å². The van der Waals surface area contributed by atoms with Crippen molar-refractivity contribution in [3.8, 4) is 0 Å². The van der Waals surface area contributed by atoms with Crippen LogP contribution in [0.5, 0.6) is 0 Å². The fourth-order valence-corrected chi connectivity index (χ4v) is 2.52. The Hall–Kier alpha value is 0.110. The van der Waals surface area contributed by atoms with E-state index >= 15 is 0 Å². The van der Waals surface area contributed by atoms with E-state index in [1.165, 1.54) is 6.42 Å². The molecule has 0 spiro atoms. The predicted molar refractivity (Wildman–Crippen MR) is 47.1 cm³/mol. The zero-order valence-corrected chi connectivity index (χ0v) is 8.02. The van der Waals surface area contributed by atoms with Gasteiger partial charge in [0.2, 0.25) is 0 Å². The van der Waals surface area contributed by atoms with Gasteiger partial charge in [0.25, 0.3) is 0 Å². The van der Waals surface area contributed by atoms with Crippen molar-refractivity contribution in [3.63, 3.8) is 0 Å². The van der Waals surface area contributed by atoms with Crippen molar-refractivity contribution >= 4 is 10.8 Å². The third-order valence-electron chi connectivity index (χ3n) is 2.23. The molecular formula is C8H16O2S. The summed E-state index contributed by atoms with van der Waals surface area (Å²) in [5, 5.41) is 0. The molecule has 2 nitrogen and oxygen atoms in total. The van der Waals surface area contributed by atoms with Crippen LogP contribution in [-0.4, -0.2) is 28.9 Å². The second-order valence-electron chi connectivity index (χ2n) is 3.26. The summed E-state index contributed by atoms with van der Waals surface area (Å²) in [5.41, 5.74) is 0. The topological polar surface area (TPSA) is 26.3 Å². The molecule has 0 aromatic carbocycles. The van der Waals surface area contributed by atoms with Crippen LogP contribution in [0.15, 0.2) is 0 Å². The van der Waals surface area contributed by atoms with Crippen LogP contribution >= 0.6 is 0 Å². The molecular weight excluding hydrogens is 160 g/mol. The highest BCUT2D eigenvalue weighted by atomic mass is 32.2. The van der Waals surface area contributed by atoms with Crippen LogP contribution in [0, 0.1) is 5.92 Å². The molecule has 0 bridgehead atoms. The quantitative estimate of drug-likeness (QED) is 0.643. The van der Waals surface area contributed by atoms with Gasteiger partial charge in [-0.3, -0.25) is 4.21 Å². The van der Waals surface area contributed by atoms with Gasteiger partial charge in [-0.15, -0.1) is 0 Å². The summed E-state index contributed by atoms with van der Waals surface area (Å²) in [6.07, 6.45) is 2.66. The second kappa shape index (κ2) is 4.21. The molecule has 1 aliphatic heterocycles. The molecule has 1 saturated heterocycles.